The quantitative estimate of drug-likeness (QED) is 0.427. The van der Waals surface area contributed by atoms with Gasteiger partial charge in [-0.3, -0.25) is 0 Å². The van der Waals surface area contributed by atoms with Gasteiger partial charge in [0.25, 0.3) is 0 Å². The summed E-state index contributed by atoms with van der Waals surface area (Å²) in [6, 6.07) is 0.948. The topological polar surface area (TPSA) is 3.24 Å². The highest BCUT2D eigenvalue weighted by atomic mass is 79.9. The molecule has 1 fully saturated rings. The van der Waals surface area contributed by atoms with E-state index in [9.17, 15) is 0 Å². The van der Waals surface area contributed by atoms with Gasteiger partial charge in [-0.25, -0.2) is 0 Å². The summed E-state index contributed by atoms with van der Waals surface area (Å²) in [5, 5.41) is 1.18. The molecular weight excluding hydrogens is 250 g/mol. The third-order valence-corrected chi connectivity index (χ3v) is 3.88. The molecule has 0 aromatic heterocycles. The summed E-state index contributed by atoms with van der Waals surface area (Å²) in [6.07, 6.45) is 12.8. The summed E-state index contributed by atoms with van der Waals surface area (Å²) in [5.41, 5.74) is 0. The zero-order valence-corrected chi connectivity index (χ0v) is 11.8. The van der Waals surface area contributed by atoms with Gasteiger partial charge < -0.3 is 4.90 Å². The van der Waals surface area contributed by atoms with Gasteiger partial charge in [-0.2, -0.15) is 0 Å². The largest absolute Gasteiger partial charge is 0.303 e. The molecule has 0 bridgehead atoms. The zero-order valence-electron chi connectivity index (χ0n) is 10.2. The molecule has 0 radical (unpaired) electrons. The summed E-state index contributed by atoms with van der Waals surface area (Å²) >= 11 is 3.47. The van der Waals surface area contributed by atoms with Crippen molar-refractivity contribution in [3.05, 3.63) is 0 Å². The Morgan fingerprint density at radius 3 is 2.00 bits per heavy atom. The Morgan fingerprint density at radius 1 is 0.933 bits per heavy atom. The van der Waals surface area contributed by atoms with Crippen molar-refractivity contribution >= 4 is 15.9 Å². The van der Waals surface area contributed by atoms with Gasteiger partial charge in [0.2, 0.25) is 0 Å². The van der Waals surface area contributed by atoms with Crippen molar-refractivity contribution in [3.63, 3.8) is 0 Å². The van der Waals surface area contributed by atoms with Crippen molar-refractivity contribution < 1.29 is 0 Å². The fraction of sp³-hybridized carbons (Fsp3) is 1.00. The van der Waals surface area contributed by atoms with Crippen LogP contribution in [0.1, 0.15) is 57.8 Å². The molecule has 1 aliphatic carbocycles. The highest BCUT2D eigenvalue weighted by Crippen LogP contribution is 2.25. The van der Waals surface area contributed by atoms with Crippen LogP contribution in [0.5, 0.6) is 0 Å². The molecule has 1 nitrogen and oxygen atoms in total. The van der Waals surface area contributed by atoms with Crippen LogP contribution in [-0.4, -0.2) is 29.9 Å². The van der Waals surface area contributed by atoms with Gasteiger partial charge in [-0.15, -0.1) is 0 Å². The third kappa shape index (κ3) is 7.35. The maximum Gasteiger partial charge on any atom is 0.00933 e. The summed E-state index contributed by atoms with van der Waals surface area (Å²) in [5.74, 6) is 0. The molecule has 0 atom stereocenters. The minimum atomic E-state index is 0.948. The fourth-order valence-corrected chi connectivity index (χ4v) is 2.43. The second-order valence-electron chi connectivity index (χ2n) is 4.88. The van der Waals surface area contributed by atoms with E-state index in [0.29, 0.717) is 0 Å². The van der Waals surface area contributed by atoms with Gasteiger partial charge in [0.15, 0.2) is 0 Å². The molecule has 0 saturated heterocycles. The number of unbranched alkanes of at least 4 members (excludes halogenated alkanes) is 6. The predicted octanol–water partition coefficient (Wildman–Crippen LogP) is 4.21. The van der Waals surface area contributed by atoms with Crippen LogP contribution in [0.4, 0.5) is 0 Å². The van der Waals surface area contributed by atoms with E-state index in [1.165, 1.54) is 69.7 Å². The van der Waals surface area contributed by atoms with Crippen LogP contribution in [-0.2, 0) is 0 Å². The lowest BCUT2D eigenvalue weighted by molar-refractivity contribution is 0.314. The minimum absolute atomic E-state index is 0.948. The summed E-state index contributed by atoms with van der Waals surface area (Å²) in [7, 11) is 2.29. The van der Waals surface area contributed by atoms with Gasteiger partial charge in [0.05, 0.1) is 0 Å². The van der Waals surface area contributed by atoms with E-state index in [1.807, 2.05) is 0 Å². The van der Waals surface area contributed by atoms with E-state index in [4.69, 9.17) is 0 Å². The average molecular weight is 276 g/mol. The summed E-state index contributed by atoms with van der Waals surface area (Å²) in [6.45, 7) is 1.33. The Balaban J connectivity index is 1.72. The Morgan fingerprint density at radius 2 is 1.47 bits per heavy atom. The Hall–Kier alpha value is 0.440. The molecule has 90 valence electrons. The van der Waals surface area contributed by atoms with Crippen molar-refractivity contribution in [1.29, 1.82) is 0 Å². The zero-order chi connectivity index (χ0) is 10.9. The molecule has 0 aromatic carbocycles. The smallest absolute Gasteiger partial charge is 0.00933 e. The average Bonchev–Trinajstić information content (AvgIpc) is 3.05. The normalized spacial score (nSPS) is 16.2. The molecule has 1 rings (SSSR count). The molecule has 1 saturated carbocycles. The SMILES string of the molecule is CN(CCCCCCCCCBr)C1CC1. The van der Waals surface area contributed by atoms with Gasteiger partial charge in [0, 0.05) is 11.4 Å². The number of hydrogen-bond acceptors (Lipinski definition) is 1. The van der Waals surface area contributed by atoms with Crippen molar-refractivity contribution in [2.24, 2.45) is 0 Å². The lowest BCUT2D eigenvalue weighted by Gasteiger charge is -2.14. The highest BCUT2D eigenvalue weighted by Gasteiger charge is 2.25. The fourth-order valence-electron chi connectivity index (χ4n) is 2.04. The Labute approximate surface area is 104 Å². The first-order valence-corrected chi connectivity index (χ1v) is 7.73. The standard InChI is InChI=1S/C13H26BrN/c1-15(13-9-10-13)12-8-6-4-2-3-5-7-11-14/h13H,2-12H2,1H3. The molecule has 1 aliphatic rings. The lowest BCUT2D eigenvalue weighted by atomic mass is 10.1. The molecule has 0 unspecified atom stereocenters. The minimum Gasteiger partial charge on any atom is -0.303 e. The van der Waals surface area contributed by atoms with Crippen LogP contribution in [0.15, 0.2) is 0 Å². The first kappa shape index (κ1) is 13.5. The van der Waals surface area contributed by atoms with Crippen LogP contribution in [0.25, 0.3) is 0 Å². The van der Waals surface area contributed by atoms with Crippen molar-refractivity contribution in [2.75, 3.05) is 18.9 Å². The van der Waals surface area contributed by atoms with Crippen molar-refractivity contribution in [3.8, 4) is 0 Å². The Bertz CT molecular complexity index is 145. The summed E-state index contributed by atoms with van der Waals surface area (Å²) < 4.78 is 0. The highest BCUT2D eigenvalue weighted by molar-refractivity contribution is 9.09. The van der Waals surface area contributed by atoms with Crippen molar-refractivity contribution in [2.45, 2.75) is 63.8 Å². The van der Waals surface area contributed by atoms with E-state index >= 15 is 0 Å². The number of hydrogen-bond donors (Lipinski definition) is 0. The molecule has 0 N–H and O–H groups in total. The number of alkyl halides is 1. The van der Waals surface area contributed by atoms with Gasteiger partial charge >= 0.3 is 0 Å². The van der Waals surface area contributed by atoms with E-state index in [-0.39, 0.29) is 0 Å². The van der Waals surface area contributed by atoms with Crippen LogP contribution in [0, 0.1) is 0 Å². The molecular formula is C13H26BrN. The first-order chi connectivity index (χ1) is 7.34. The van der Waals surface area contributed by atoms with Gasteiger partial charge in [-0.05, 0) is 39.3 Å². The molecule has 2 heteroatoms. The van der Waals surface area contributed by atoms with Crippen molar-refractivity contribution in [1.82, 2.24) is 4.90 Å². The third-order valence-electron chi connectivity index (χ3n) is 3.31. The number of nitrogens with zero attached hydrogens (tertiary/aromatic N) is 1. The molecule has 0 heterocycles. The second kappa shape index (κ2) is 8.58. The van der Waals surface area contributed by atoms with Crippen LogP contribution >= 0.6 is 15.9 Å². The lowest BCUT2D eigenvalue weighted by Crippen LogP contribution is -2.21. The maximum absolute atomic E-state index is 3.47. The van der Waals surface area contributed by atoms with Crippen LogP contribution < -0.4 is 0 Å². The van der Waals surface area contributed by atoms with E-state index in [0.717, 1.165) is 6.04 Å². The number of halogens is 1. The van der Waals surface area contributed by atoms with Gasteiger partial charge in [0.1, 0.15) is 0 Å². The first-order valence-electron chi connectivity index (χ1n) is 6.61. The molecule has 0 amide bonds. The van der Waals surface area contributed by atoms with Crippen LogP contribution in [0.2, 0.25) is 0 Å². The molecule has 0 aliphatic heterocycles. The van der Waals surface area contributed by atoms with E-state index < -0.39 is 0 Å². The van der Waals surface area contributed by atoms with Gasteiger partial charge in [-0.1, -0.05) is 48.0 Å². The molecule has 15 heavy (non-hydrogen) atoms. The number of rotatable bonds is 10. The molecule has 0 aromatic rings. The maximum atomic E-state index is 3.47. The Kier molecular flexibility index (Phi) is 7.72. The summed E-state index contributed by atoms with van der Waals surface area (Å²) in [4.78, 5) is 2.55. The van der Waals surface area contributed by atoms with E-state index in [2.05, 4.69) is 27.9 Å². The van der Waals surface area contributed by atoms with Crippen LogP contribution in [0.3, 0.4) is 0 Å². The van der Waals surface area contributed by atoms with E-state index in [1.54, 1.807) is 0 Å². The second-order valence-corrected chi connectivity index (χ2v) is 5.67. The monoisotopic (exact) mass is 275 g/mol. The predicted molar refractivity (Wildman–Crippen MR) is 71.8 cm³/mol. The molecule has 0 spiro atoms.